The van der Waals surface area contributed by atoms with Crippen LogP contribution < -0.4 is 0 Å². The van der Waals surface area contributed by atoms with Crippen molar-refractivity contribution in [1.29, 1.82) is 0 Å². The van der Waals surface area contributed by atoms with Crippen LogP contribution in [-0.2, 0) is 11.8 Å². The van der Waals surface area contributed by atoms with Crippen molar-refractivity contribution in [3.63, 3.8) is 0 Å². The van der Waals surface area contributed by atoms with Gasteiger partial charge in [-0.05, 0) is 6.92 Å². The summed E-state index contributed by atoms with van der Waals surface area (Å²) in [6, 6.07) is 0. The fraction of sp³-hybridized carbons (Fsp3) is 0.625. The lowest BCUT2D eigenvalue weighted by Gasteiger charge is -1.99. The van der Waals surface area contributed by atoms with Crippen molar-refractivity contribution in [3.8, 4) is 0 Å². The minimum Gasteiger partial charge on any atom is -0.309 e. The Morgan fingerprint density at radius 1 is 1.54 bits per heavy atom. The molecule has 0 fully saturated rings. The van der Waals surface area contributed by atoms with Crippen molar-refractivity contribution < 1.29 is 4.79 Å². The van der Waals surface area contributed by atoms with Gasteiger partial charge in [0.25, 0.3) is 0 Å². The number of nitrogens with zero attached hydrogens (tertiary/aromatic N) is 3. The van der Waals surface area contributed by atoms with Crippen molar-refractivity contribution in [2.24, 2.45) is 7.05 Å². The zero-order valence-corrected chi connectivity index (χ0v) is 8.89. The number of thioether (sulfide) groups is 1. The van der Waals surface area contributed by atoms with Gasteiger partial charge >= 0.3 is 0 Å². The Morgan fingerprint density at radius 3 is 2.69 bits per heavy atom. The Labute approximate surface area is 81.7 Å². The first-order valence-electron chi connectivity index (χ1n) is 4.15. The lowest BCUT2D eigenvalue weighted by Crippen LogP contribution is -2.01. The van der Waals surface area contributed by atoms with E-state index in [4.69, 9.17) is 0 Å². The van der Waals surface area contributed by atoms with Crippen LogP contribution in [0.25, 0.3) is 0 Å². The lowest BCUT2D eigenvalue weighted by molar-refractivity contribution is -0.116. The van der Waals surface area contributed by atoms with E-state index in [9.17, 15) is 4.79 Å². The molecule has 0 N–H and O–H groups in total. The van der Waals surface area contributed by atoms with Crippen molar-refractivity contribution in [2.45, 2.75) is 25.4 Å². The van der Waals surface area contributed by atoms with Gasteiger partial charge in [-0.25, -0.2) is 0 Å². The highest BCUT2D eigenvalue weighted by Gasteiger charge is 2.07. The van der Waals surface area contributed by atoms with E-state index in [0.717, 1.165) is 11.0 Å². The molecule has 0 radical (unpaired) electrons. The average Bonchev–Trinajstić information content (AvgIpc) is 2.44. The highest BCUT2D eigenvalue weighted by atomic mass is 32.2. The fourth-order valence-electron chi connectivity index (χ4n) is 0.761. The first-order valence-corrected chi connectivity index (χ1v) is 5.14. The first kappa shape index (κ1) is 10.2. The number of carbonyl (C=O) groups is 1. The number of ketones is 1. The normalized spacial score (nSPS) is 10.4. The van der Waals surface area contributed by atoms with Gasteiger partial charge < -0.3 is 4.57 Å². The third-order valence-corrected chi connectivity index (χ3v) is 2.89. The van der Waals surface area contributed by atoms with Crippen molar-refractivity contribution >= 4 is 17.5 Å². The van der Waals surface area contributed by atoms with Crippen molar-refractivity contribution in [2.75, 3.05) is 5.75 Å². The molecule has 0 saturated heterocycles. The Bertz CT molecular complexity index is 308. The smallest absolute Gasteiger partial charge is 0.191 e. The van der Waals surface area contributed by atoms with E-state index in [1.54, 1.807) is 0 Å². The van der Waals surface area contributed by atoms with Crippen LogP contribution in [-0.4, -0.2) is 26.3 Å². The van der Waals surface area contributed by atoms with Crippen molar-refractivity contribution in [3.05, 3.63) is 5.82 Å². The van der Waals surface area contributed by atoms with Gasteiger partial charge in [0, 0.05) is 13.5 Å². The van der Waals surface area contributed by atoms with Gasteiger partial charge in [-0.1, -0.05) is 18.7 Å². The molecular weight excluding hydrogens is 186 g/mol. The Morgan fingerprint density at radius 2 is 2.23 bits per heavy atom. The predicted molar refractivity (Wildman–Crippen MR) is 51.8 cm³/mol. The molecule has 4 nitrogen and oxygen atoms in total. The molecule has 1 heterocycles. The number of aromatic nitrogens is 3. The van der Waals surface area contributed by atoms with Gasteiger partial charge in [0.2, 0.25) is 0 Å². The molecule has 0 bridgehead atoms. The number of hydrogen-bond acceptors (Lipinski definition) is 4. The van der Waals surface area contributed by atoms with Crippen LogP contribution in [0, 0.1) is 6.92 Å². The quantitative estimate of drug-likeness (QED) is 0.683. The van der Waals surface area contributed by atoms with Crippen LogP contribution in [0.1, 0.15) is 19.2 Å². The average molecular weight is 199 g/mol. The number of Topliss-reactive ketones (excluding diaryl/α,β-unsaturated/α-hetero) is 1. The predicted octanol–water partition coefficient (Wildman–Crippen LogP) is 1.19. The van der Waals surface area contributed by atoms with E-state index in [0.29, 0.717) is 12.2 Å². The molecule has 1 rings (SSSR count). The molecule has 0 aliphatic heterocycles. The third-order valence-electron chi connectivity index (χ3n) is 1.81. The van der Waals surface area contributed by atoms with E-state index in [-0.39, 0.29) is 5.78 Å². The van der Waals surface area contributed by atoms with Crippen LogP contribution in [0.15, 0.2) is 5.16 Å². The summed E-state index contributed by atoms with van der Waals surface area (Å²) < 4.78 is 1.88. The molecule has 13 heavy (non-hydrogen) atoms. The minimum atomic E-state index is 0.241. The molecule has 0 aromatic carbocycles. The molecule has 72 valence electrons. The second kappa shape index (κ2) is 4.41. The van der Waals surface area contributed by atoms with Gasteiger partial charge in [-0.2, -0.15) is 0 Å². The van der Waals surface area contributed by atoms with Crippen LogP contribution in [0.3, 0.4) is 0 Å². The minimum absolute atomic E-state index is 0.241. The third kappa shape index (κ3) is 2.55. The molecule has 0 amide bonds. The lowest BCUT2D eigenvalue weighted by atomic mass is 10.4. The maximum Gasteiger partial charge on any atom is 0.191 e. The number of aryl methyl sites for hydroxylation is 1. The van der Waals surface area contributed by atoms with Gasteiger partial charge in [-0.15, -0.1) is 10.2 Å². The Kier molecular flexibility index (Phi) is 3.48. The van der Waals surface area contributed by atoms with E-state index in [1.807, 2.05) is 25.5 Å². The van der Waals surface area contributed by atoms with Crippen LogP contribution in [0.5, 0.6) is 0 Å². The molecule has 0 atom stereocenters. The molecule has 0 unspecified atom stereocenters. The van der Waals surface area contributed by atoms with E-state index in [1.165, 1.54) is 11.8 Å². The largest absolute Gasteiger partial charge is 0.309 e. The number of rotatable bonds is 4. The molecule has 5 heteroatoms. The Hall–Kier alpha value is -0.840. The summed E-state index contributed by atoms with van der Waals surface area (Å²) in [5.74, 6) is 1.60. The zero-order valence-electron chi connectivity index (χ0n) is 8.07. The number of hydrogen-bond donors (Lipinski definition) is 0. The van der Waals surface area contributed by atoms with Crippen LogP contribution >= 0.6 is 11.8 Å². The zero-order chi connectivity index (χ0) is 9.84. The molecule has 0 spiro atoms. The van der Waals surface area contributed by atoms with Crippen LogP contribution in [0.2, 0.25) is 0 Å². The molecular formula is C8H13N3OS. The van der Waals surface area contributed by atoms with E-state index >= 15 is 0 Å². The van der Waals surface area contributed by atoms with Gasteiger partial charge in [-0.3, -0.25) is 4.79 Å². The van der Waals surface area contributed by atoms with E-state index < -0.39 is 0 Å². The van der Waals surface area contributed by atoms with Gasteiger partial charge in [0.1, 0.15) is 11.6 Å². The summed E-state index contributed by atoms with van der Waals surface area (Å²) >= 11 is 1.44. The number of carbonyl (C=O) groups excluding carboxylic acids is 1. The molecule has 0 saturated carbocycles. The maximum absolute atomic E-state index is 11.0. The van der Waals surface area contributed by atoms with Crippen LogP contribution in [0.4, 0.5) is 0 Å². The van der Waals surface area contributed by atoms with Crippen molar-refractivity contribution in [1.82, 2.24) is 14.8 Å². The molecule has 1 aromatic rings. The highest BCUT2D eigenvalue weighted by molar-refractivity contribution is 7.99. The highest BCUT2D eigenvalue weighted by Crippen LogP contribution is 2.15. The monoisotopic (exact) mass is 199 g/mol. The topological polar surface area (TPSA) is 47.8 Å². The fourth-order valence-corrected chi connectivity index (χ4v) is 1.68. The summed E-state index contributed by atoms with van der Waals surface area (Å²) in [6.45, 7) is 3.75. The summed E-state index contributed by atoms with van der Waals surface area (Å²) in [5.41, 5.74) is 0. The van der Waals surface area contributed by atoms with E-state index in [2.05, 4.69) is 10.2 Å². The summed E-state index contributed by atoms with van der Waals surface area (Å²) in [5, 5.41) is 8.65. The second-order valence-electron chi connectivity index (χ2n) is 2.77. The van der Waals surface area contributed by atoms with Gasteiger partial charge in [0.15, 0.2) is 5.16 Å². The SMILES string of the molecule is CCC(=O)CSc1nnc(C)n1C. The molecule has 1 aromatic heterocycles. The standard InChI is InChI=1S/C8H13N3OS/c1-4-7(12)5-13-8-10-9-6(2)11(8)3/h4-5H2,1-3H3. The maximum atomic E-state index is 11.0. The summed E-state index contributed by atoms with van der Waals surface area (Å²) in [6.07, 6.45) is 0.587. The van der Waals surface area contributed by atoms with Gasteiger partial charge in [0.05, 0.1) is 5.75 Å². The second-order valence-corrected chi connectivity index (χ2v) is 3.71. The summed E-state index contributed by atoms with van der Waals surface area (Å²) in [7, 11) is 1.90. The Balaban J connectivity index is 2.55. The molecule has 0 aliphatic rings. The molecule has 0 aliphatic carbocycles. The summed E-state index contributed by atoms with van der Waals surface area (Å²) in [4.78, 5) is 11.0. The first-order chi connectivity index (χ1) is 6.15.